The molecule has 4 rings (SSSR count). The van der Waals surface area contributed by atoms with Crippen molar-refractivity contribution in [2.45, 2.75) is 38.8 Å². The van der Waals surface area contributed by atoms with Crippen molar-refractivity contribution >= 4 is 17.5 Å². The third-order valence-electron chi connectivity index (χ3n) is 5.29. The topological polar surface area (TPSA) is 49.9 Å². The summed E-state index contributed by atoms with van der Waals surface area (Å²) in [5, 5.41) is 0. The van der Waals surface area contributed by atoms with Gasteiger partial charge in [0.1, 0.15) is 5.75 Å². The Kier molecular flexibility index (Phi) is 4.94. The molecular weight excluding hydrogens is 340 g/mol. The number of ether oxygens (including phenoxy) is 1. The van der Waals surface area contributed by atoms with E-state index in [4.69, 9.17) is 4.74 Å². The van der Waals surface area contributed by atoms with Crippen LogP contribution in [0.25, 0.3) is 0 Å². The van der Waals surface area contributed by atoms with Crippen molar-refractivity contribution in [2.75, 3.05) is 18.1 Å². The second kappa shape index (κ2) is 7.53. The van der Waals surface area contributed by atoms with Gasteiger partial charge in [0.2, 0.25) is 5.91 Å². The molecule has 0 N–H and O–H groups in total. The first-order valence-corrected chi connectivity index (χ1v) is 9.58. The maximum Gasteiger partial charge on any atom is 0.251 e. The van der Waals surface area contributed by atoms with E-state index in [0.717, 1.165) is 31.7 Å². The number of fused-ring (bicyclic) bond motifs is 1. The highest BCUT2D eigenvalue weighted by Crippen LogP contribution is 2.30. The van der Waals surface area contributed by atoms with E-state index in [1.165, 1.54) is 16.0 Å². The van der Waals surface area contributed by atoms with Crippen LogP contribution in [-0.2, 0) is 22.6 Å². The molecule has 2 heterocycles. The van der Waals surface area contributed by atoms with Crippen molar-refractivity contribution in [1.82, 2.24) is 4.90 Å². The third kappa shape index (κ3) is 3.47. The van der Waals surface area contributed by atoms with E-state index in [1.807, 2.05) is 24.3 Å². The van der Waals surface area contributed by atoms with Crippen molar-refractivity contribution in [3.63, 3.8) is 0 Å². The van der Waals surface area contributed by atoms with E-state index >= 15 is 0 Å². The van der Waals surface area contributed by atoms with Crippen LogP contribution in [0.15, 0.2) is 48.5 Å². The summed E-state index contributed by atoms with van der Waals surface area (Å²) in [7, 11) is 0. The van der Waals surface area contributed by atoms with Gasteiger partial charge in [-0.3, -0.25) is 14.5 Å². The zero-order valence-electron chi connectivity index (χ0n) is 15.6. The number of anilines is 1. The Balaban J connectivity index is 1.49. The summed E-state index contributed by atoms with van der Waals surface area (Å²) in [5.41, 5.74) is 3.21. The number of rotatable bonds is 5. The van der Waals surface area contributed by atoms with E-state index in [0.29, 0.717) is 12.3 Å². The van der Waals surface area contributed by atoms with Gasteiger partial charge < -0.3 is 4.74 Å². The average Bonchev–Trinajstić information content (AvgIpc) is 3.00. The largest absolute Gasteiger partial charge is 0.494 e. The van der Waals surface area contributed by atoms with Crippen LogP contribution in [0.4, 0.5) is 5.69 Å². The number of hydrogen-bond donors (Lipinski definition) is 0. The number of carbonyl (C=O) groups excluding carboxylic acids is 2. The lowest BCUT2D eigenvalue weighted by molar-refractivity contribution is -0.123. The Morgan fingerprint density at radius 2 is 1.78 bits per heavy atom. The predicted molar refractivity (Wildman–Crippen MR) is 104 cm³/mol. The van der Waals surface area contributed by atoms with Gasteiger partial charge in [-0.1, -0.05) is 31.2 Å². The second-order valence-electron chi connectivity index (χ2n) is 7.12. The van der Waals surface area contributed by atoms with Crippen molar-refractivity contribution < 1.29 is 14.3 Å². The lowest BCUT2D eigenvalue weighted by atomic mass is 9.98. The molecule has 1 atom stereocenters. The molecule has 0 radical (unpaired) electrons. The quantitative estimate of drug-likeness (QED) is 0.765. The first-order chi connectivity index (χ1) is 13.2. The van der Waals surface area contributed by atoms with Crippen LogP contribution in [0.2, 0.25) is 0 Å². The SMILES string of the molecule is CCCOc1ccc(N2C(=O)CC(N3CCc4ccccc4C3)C2=O)cc1. The molecule has 0 bridgehead atoms. The fourth-order valence-electron chi connectivity index (χ4n) is 3.87. The highest BCUT2D eigenvalue weighted by Gasteiger charge is 2.43. The van der Waals surface area contributed by atoms with E-state index in [-0.39, 0.29) is 24.3 Å². The number of imide groups is 1. The summed E-state index contributed by atoms with van der Waals surface area (Å²) < 4.78 is 5.58. The van der Waals surface area contributed by atoms with Crippen LogP contribution in [0.5, 0.6) is 5.75 Å². The molecule has 0 spiro atoms. The van der Waals surface area contributed by atoms with Crippen LogP contribution in [-0.4, -0.2) is 35.9 Å². The minimum absolute atomic E-state index is 0.124. The molecule has 0 aliphatic carbocycles. The summed E-state index contributed by atoms with van der Waals surface area (Å²) in [6, 6.07) is 15.2. The molecule has 140 valence electrons. The van der Waals surface area contributed by atoms with Crippen LogP contribution in [0.1, 0.15) is 30.9 Å². The van der Waals surface area contributed by atoms with Crippen LogP contribution < -0.4 is 9.64 Å². The number of carbonyl (C=O) groups is 2. The molecule has 5 nitrogen and oxygen atoms in total. The molecule has 2 amide bonds. The lowest BCUT2D eigenvalue weighted by Gasteiger charge is -2.32. The molecule has 2 aliphatic rings. The summed E-state index contributed by atoms with van der Waals surface area (Å²) in [4.78, 5) is 29.1. The lowest BCUT2D eigenvalue weighted by Crippen LogP contribution is -2.44. The highest BCUT2D eigenvalue weighted by molar-refractivity contribution is 6.22. The summed E-state index contributed by atoms with van der Waals surface area (Å²) >= 11 is 0. The number of benzene rings is 2. The molecule has 2 aromatic rings. The van der Waals surface area contributed by atoms with Gasteiger partial charge in [-0.2, -0.15) is 0 Å². The maximum absolute atomic E-state index is 13.0. The van der Waals surface area contributed by atoms with Crippen LogP contribution >= 0.6 is 0 Å². The molecule has 1 saturated heterocycles. The zero-order chi connectivity index (χ0) is 18.8. The van der Waals surface area contributed by atoms with E-state index in [9.17, 15) is 9.59 Å². The molecule has 2 aliphatic heterocycles. The van der Waals surface area contributed by atoms with Gasteiger partial charge in [0.15, 0.2) is 0 Å². The van der Waals surface area contributed by atoms with Gasteiger partial charge in [0, 0.05) is 13.1 Å². The Bertz CT molecular complexity index is 847. The maximum atomic E-state index is 13.0. The van der Waals surface area contributed by atoms with Crippen LogP contribution in [0.3, 0.4) is 0 Å². The number of amides is 2. The molecule has 0 aromatic heterocycles. The molecule has 1 fully saturated rings. The fourth-order valence-corrected chi connectivity index (χ4v) is 3.87. The van der Waals surface area contributed by atoms with E-state index in [2.05, 4.69) is 24.0 Å². The monoisotopic (exact) mass is 364 g/mol. The van der Waals surface area contributed by atoms with Gasteiger partial charge in [0.25, 0.3) is 5.91 Å². The Morgan fingerprint density at radius 1 is 1.04 bits per heavy atom. The third-order valence-corrected chi connectivity index (χ3v) is 5.29. The first kappa shape index (κ1) is 17.7. The zero-order valence-corrected chi connectivity index (χ0v) is 15.6. The standard InChI is InChI=1S/C22H24N2O3/c1-2-13-27-19-9-7-18(8-10-19)24-21(25)14-20(22(24)26)23-12-11-16-5-3-4-6-17(16)15-23/h3-10,20H,2,11-15H2,1H3. The molecule has 1 unspecified atom stereocenters. The summed E-state index contributed by atoms with van der Waals surface area (Å²) in [6.07, 6.45) is 2.10. The van der Waals surface area contributed by atoms with E-state index < -0.39 is 0 Å². The fraction of sp³-hybridized carbons (Fsp3) is 0.364. The smallest absolute Gasteiger partial charge is 0.251 e. The van der Waals surface area contributed by atoms with Crippen molar-refractivity contribution in [3.8, 4) is 5.75 Å². The molecule has 5 heteroatoms. The van der Waals surface area contributed by atoms with Gasteiger partial charge in [0.05, 0.1) is 24.8 Å². The van der Waals surface area contributed by atoms with Gasteiger partial charge >= 0.3 is 0 Å². The van der Waals surface area contributed by atoms with Crippen molar-refractivity contribution in [3.05, 3.63) is 59.7 Å². The molecule has 2 aromatic carbocycles. The number of hydrogen-bond acceptors (Lipinski definition) is 4. The predicted octanol–water partition coefficient (Wildman–Crippen LogP) is 3.17. The minimum atomic E-state index is -0.373. The second-order valence-corrected chi connectivity index (χ2v) is 7.12. The summed E-state index contributed by atoms with van der Waals surface area (Å²) in [6.45, 7) is 4.23. The first-order valence-electron chi connectivity index (χ1n) is 9.58. The molecular formula is C22H24N2O3. The van der Waals surface area contributed by atoms with Gasteiger partial charge in [-0.25, -0.2) is 4.90 Å². The Labute approximate surface area is 159 Å². The Hall–Kier alpha value is -2.66. The normalized spacial score (nSPS) is 20.0. The summed E-state index contributed by atoms with van der Waals surface area (Å²) in [5.74, 6) is 0.497. The van der Waals surface area contributed by atoms with E-state index in [1.54, 1.807) is 12.1 Å². The molecule has 27 heavy (non-hydrogen) atoms. The minimum Gasteiger partial charge on any atom is -0.494 e. The van der Waals surface area contributed by atoms with Gasteiger partial charge in [-0.15, -0.1) is 0 Å². The highest BCUT2D eigenvalue weighted by atomic mass is 16.5. The number of nitrogens with zero attached hydrogens (tertiary/aromatic N) is 2. The van der Waals surface area contributed by atoms with Crippen molar-refractivity contribution in [2.24, 2.45) is 0 Å². The van der Waals surface area contributed by atoms with Crippen molar-refractivity contribution in [1.29, 1.82) is 0 Å². The van der Waals surface area contributed by atoms with Crippen LogP contribution in [0, 0.1) is 0 Å². The van der Waals surface area contributed by atoms with Gasteiger partial charge in [-0.05, 0) is 48.2 Å². The average molecular weight is 364 g/mol. The molecule has 0 saturated carbocycles. The Morgan fingerprint density at radius 3 is 2.52 bits per heavy atom.